The standard InChI is InChI=1S/C20H35NO13/c22-3-6-1-8(13(26)16(29)11(6)24)21-9-2-7(12(25)17(30)14(9)27)5-33-20-19(32)18(31)15(28)10(4-23)34-20/h2,6,8-32H,1,3-5H2/t6-,8+,9+,10-,11-,12-,13+,14+,15-,16+,17+,18+,19-,20-/m1/s1. The molecular formula is C20H35NO13. The van der Waals surface area contributed by atoms with Crippen molar-refractivity contribution in [3.63, 3.8) is 0 Å². The third kappa shape index (κ3) is 5.45. The van der Waals surface area contributed by atoms with Gasteiger partial charge in [0.25, 0.3) is 0 Å². The number of hydrogen-bond donors (Lipinski definition) is 12. The van der Waals surface area contributed by atoms with Crippen molar-refractivity contribution in [1.82, 2.24) is 5.32 Å². The minimum Gasteiger partial charge on any atom is -0.396 e. The Balaban J connectivity index is 1.71. The van der Waals surface area contributed by atoms with Gasteiger partial charge in [-0.3, -0.25) is 0 Å². The fourth-order valence-corrected chi connectivity index (χ4v) is 4.63. The molecule has 0 aromatic rings. The molecule has 0 amide bonds. The zero-order valence-electron chi connectivity index (χ0n) is 18.2. The first-order valence-corrected chi connectivity index (χ1v) is 11.1. The summed E-state index contributed by atoms with van der Waals surface area (Å²) < 4.78 is 10.6. The second-order valence-electron chi connectivity index (χ2n) is 9.12. The van der Waals surface area contributed by atoms with Crippen molar-refractivity contribution < 1.29 is 65.6 Å². The molecule has 1 heterocycles. The van der Waals surface area contributed by atoms with Gasteiger partial charge in [0.05, 0.1) is 31.5 Å². The highest BCUT2D eigenvalue weighted by Gasteiger charge is 2.47. The highest BCUT2D eigenvalue weighted by Crippen LogP contribution is 2.29. The van der Waals surface area contributed by atoms with Gasteiger partial charge in [0.1, 0.15) is 48.8 Å². The van der Waals surface area contributed by atoms with Crippen LogP contribution >= 0.6 is 0 Å². The zero-order chi connectivity index (χ0) is 25.3. The molecule has 2 aliphatic carbocycles. The second-order valence-corrected chi connectivity index (χ2v) is 9.12. The molecule has 14 nitrogen and oxygen atoms in total. The van der Waals surface area contributed by atoms with Gasteiger partial charge in [0.2, 0.25) is 0 Å². The van der Waals surface area contributed by atoms with Crippen molar-refractivity contribution >= 4 is 0 Å². The van der Waals surface area contributed by atoms with Gasteiger partial charge >= 0.3 is 0 Å². The van der Waals surface area contributed by atoms with E-state index in [2.05, 4.69) is 5.32 Å². The summed E-state index contributed by atoms with van der Waals surface area (Å²) in [5, 5.41) is 113. The van der Waals surface area contributed by atoms with E-state index in [4.69, 9.17) is 9.47 Å². The molecule has 3 aliphatic rings. The van der Waals surface area contributed by atoms with Gasteiger partial charge in [-0.25, -0.2) is 0 Å². The molecular weight excluding hydrogens is 462 g/mol. The molecule has 34 heavy (non-hydrogen) atoms. The lowest BCUT2D eigenvalue weighted by atomic mass is 9.78. The van der Waals surface area contributed by atoms with Crippen LogP contribution in [0.4, 0.5) is 0 Å². The Hall–Kier alpha value is -0.820. The fourth-order valence-electron chi connectivity index (χ4n) is 4.63. The summed E-state index contributed by atoms with van der Waals surface area (Å²) in [5.74, 6) is -0.745. The lowest BCUT2D eigenvalue weighted by Gasteiger charge is -2.44. The van der Waals surface area contributed by atoms with E-state index in [9.17, 15) is 56.2 Å². The van der Waals surface area contributed by atoms with Crippen molar-refractivity contribution in [3.05, 3.63) is 11.6 Å². The summed E-state index contributed by atoms with van der Waals surface area (Å²) in [4.78, 5) is 0. The Morgan fingerprint density at radius 3 is 2.03 bits per heavy atom. The average molecular weight is 497 g/mol. The van der Waals surface area contributed by atoms with Crippen LogP contribution in [0, 0.1) is 5.92 Å². The molecule has 2 fully saturated rings. The molecule has 0 unspecified atom stereocenters. The number of rotatable bonds is 7. The largest absolute Gasteiger partial charge is 0.396 e. The van der Waals surface area contributed by atoms with E-state index < -0.39 is 105 Å². The van der Waals surface area contributed by atoms with Crippen LogP contribution in [0.3, 0.4) is 0 Å². The third-order valence-electron chi connectivity index (χ3n) is 6.87. The molecule has 3 rings (SSSR count). The van der Waals surface area contributed by atoms with Crippen LogP contribution in [-0.4, -0.2) is 155 Å². The van der Waals surface area contributed by atoms with E-state index >= 15 is 0 Å². The van der Waals surface area contributed by atoms with Crippen molar-refractivity contribution in [1.29, 1.82) is 0 Å². The third-order valence-corrected chi connectivity index (χ3v) is 6.87. The Morgan fingerprint density at radius 1 is 0.765 bits per heavy atom. The van der Waals surface area contributed by atoms with Gasteiger partial charge in [0, 0.05) is 18.6 Å². The molecule has 0 bridgehead atoms. The second kappa shape index (κ2) is 11.5. The van der Waals surface area contributed by atoms with Gasteiger partial charge in [-0.05, 0) is 12.0 Å². The molecule has 14 heteroatoms. The SMILES string of the molecule is OC[C@H]1C[C@H](N[C@H]2C=C(CO[C@@H]3O[C@H](CO)[C@@H](O)[C@H](O)[C@H]3O)[C@@H](O)[C@H](O)[C@H]2O)[C@H](O)[C@@H](O)[C@@H]1O. The van der Waals surface area contributed by atoms with E-state index in [1.165, 1.54) is 6.08 Å². The van der Waals surface area contributed by atoms with E-state index in [1.54, 1.807) is 0 Å². The Kier molecular flexibility index (Phi) is 9.38. The number of nitrogens with one attached hydrogen (secondary N) is 1. The summed E-state index contributed by atoms with van der Waals surface area (Å²) in [7, 11) is 0. The first kappa shape index (κ1) is 27.8. The lowest BCUT2D eigenvalue weighted by Crippen LogP contribution is -2.63. The number of hydrogen-bond acceptors (Lipinski definition) is 14. The Bertz CT molecular complexity index is 693. The molecule has 12 N–H and O–H groups in total. The van der Waals surface area contributed by atoms with Crippen LogP contribution in [0.1, 0.15) is 6.42 Å². The number of aliphatic hydroxyl groups excluding tert-OH is 11. The molecule has 1 aliphatic heterocycles. The van der Waals surface area contributed by atoms with Crippen molar-refractivity contribution in [3.8, 4) is 0 Å². The van der Waals surface area contributed by atoms with Crippen LogP contribution in [-0.2, 0) is 9.47 Å². The molecule has 1 saturated heterocycles. The van der Waals surface area contributed by atoms with Crippen LogP contribution in [0.15, 0.2) is 11.6 Å². The molecule has 0 aromatic heterocycles. The first-order valence-electron chi connectivity index (χ1n) is 11.1. The monoisotopic (exact) mass is 497 g/mol. The molecule has 0 spiro atoms. The average Bonchev–Trinajstić information content (AvgIpc) is 2.83. The highest BCUT2D eigenvalue weighted by atomic mass is 16.7. The predicted octanol–water partition coefficient (Wildman–Crippen LogP) is -6.75. The summed E-state index contributed by atoms with van der Waals surface area (Å²) in [6, 6.07) is -1.94. The number of ether oxygens (including phenoxy) is 2. The highest BCUT2D eigenvalue weighted by molar-refractivity contribution is 5.22. The van der Waals surface area contributed by atoms with Gasteiger partial charge < -0.3 is 71.0 Å². The maximum Gasteiger partial charge on any atom is 0.187 e. The van der Waals surface area contributed by atoms with Gasteiger partial charge in [0.15, 0.2) is 6.29 Å². The van der Waals surface area contributed by atoms with Gasteiger partial charge in [-0.2, -0.15) is 0 Å². The topological polar surface area (TPSA) is 253 Å². The molecule has 1 saturated carbocycles. The van der Waals surface area contributed by atoms with Crippen LogP contribution in [0.5, 0.6) is 0 Å². The summed E-state index contributed by atoms with van der Waals surface area (Å²) in [6.07, 6.45) is -15.4. The predicted molar refractivity (Wildman–Crippen MR) is 110 cm³/mol. The summed E-state index contributed by atoms with van der Waals surface area (Å²) >= 11 is 0. The van der Waals surface area contributed by atoms with Crippen LogP contribution in [0.25, 0.3) is 0 Å². The Morgan fingerprint density at radius 2 is 1.41 bits per heavy atom. The van der Waals surface area contributed by atoms with E-state index in [0.29, 0.717) is 0 Å². The van der Waals surface area contributed by atoms with E-state index in [-0.39, 0.29) is 12.0 Å². The van der Waals surface area contributed by atoms with Crippen molar-refractivity contribution in [2.45, 2.75) is 85.8 Å². The zero-order valence-corrected chi connectivity index (χ0v) is 18.2. The Labute approximate surface area is 194 Å². The normalized spacial score (nSPS) is 50.1. The molecule has 14 atom stereocenters. The van der Waals surface area contributed by atoms with Crippen molar-refractivity contribution in [2.75, 3.05) is 19.8 Å². The minimum atomic E-state index is -1.68. The lowest BCUT2D eigenvalue weighted by molar-refractivity contribution is -0.299. The van der Waals surface area contributed by atoms with E-state index in [0.717, 1.165) is 0 Å². The van der Waals surface area contributed by atoms with Crippen LogP contribution in [0.2, 0.25) is 0 Å². The minimum absolute atomic E-state index is 0.0440. The fraction of sp³-hybridized carbons (Fsp3) is 0.900. The molecule has 0 aromatic carbocycles. The van der Waals surface area contributed by atoms with Crippen LogP contribution < -0.4 is 5.32 Å². The maximum atomic E-state index is 10.4. The van der Waals surface area contributed by atoms with E-state index in [1.807, 2.05) is 0 Å². The maximum absolute atomic E-state index is 10.4. The molecule has 0 radical (unpaired) electrons. The summed E-state index contributed by atoms with van der Waals surface area (Å²) in [6.45, 7) is -1.56. The first-order chi connectivity index (χ1) is 16.0. The quantitative estimate of drug-likeness (QED) is 0.146. The molecule has 198 valence electrons. The smallest absolute Gasteiger partial charge is 0.187 e. The van der Waals surface area contributed by atoms with Gasteiger partial charge in [-0.1, -0.05) is 6.08 Å². The van der Waals surface area contributed by atoms with Gasteiger partial charge in [-0.15, -0.1) is 0 Å². The summed E-state index contributed by atoms with van der Waals surface area (Å²) in [5.41, 5.74) is 0.0526. The number of aliphatic hydroxyl groups is 11. The van der Waals surface area contributed by atoms with Crippen molar-refractivity contribution in [2.24, 2.45) is 5.92 Å².